The van der Waals surface area contributed by atoms with Crippen molar-refractivity contribution >= 4 is 66.7 Å². The van der Waals surface area contributed by atoms with E-state index in [-0.39, 0.29) is 16.4 Å². The monoisotopic (exact) mass is 461 g/mol. The van der Waals surface area contributed by atoms with Gasteiger partial charge in [-0.15, -0.1) is 0 Å². The van der Waals surface area contributed by atoms with Crippen molar-refractivity contribution in [2.75, 3.05) is 5.32 Å². The lowest BCUT2D eigenvalue weighted by Gasteiger charge is -2.14. The second kappa shape index (κ2) is 8.26. The standard InChI is InChI=1S/C21H17Cl2N3O3S/c1-2-3-8-26-14-7-5-4-6-12(14)18(27)16(20(26)29)19(28)25-21-24-17-13(23)9-11(22)10-15(17)30-21/h4-7,9-10,27H,2-3,8H2,1H3,(H,24,25,28). The maximum absolute atomic E-state index is 13.1. The minimum Gasteiger partial charge on any atom is -0.506 e. The van der Waals surface area contributed by atoms with Gasteiger partial charge in [-0.2, -0.15) is 0 Å². The van der Waals surface area contributed by atoms with E-state index in [9.17, 15) is 14.7 Å². The van der Waals surface area contributed by atoms with Crippen LogP contribution in [-0.2, 0) is 6.54 Å². The summed E-state index contributed by atoms with van der Waals surface area (Å²) in [5.41, 5.74) is 0.239. The van der Waals surface area contributed by atoms with E-state index >= 15 is 0 Å². The molecule has 0 aliphatic heterocycles. The molecule has 0 bridgehead atoms. The summed E-state index contributed by atoms with van der Waals surface area (Å²) < 4.78 is 2.23. The van der Waals surface area contributed by atoms with Crippen molar-refractivity contribution in [1.29, 1.82) is 0 Å². The number of hydrogen-bond donors (Lipinski definition) is 2. The molecule has 0 aliphatic carbocycles. The fraction of sp³-hybridized carbons (Fsp3) is 0.190. The number of unbranched alkanes of at least 4 members (excludes halogenated alkanes) is 1. The number of carbonyl (C=O) groups is 1. The predicted molar refractivity (Wildman–Crippen MR) is 122 cm³/mol. The van der Waals surface area contributed by atoms with Crippen LogP contribution in [0.15, 0.2) is 41.2 Å². The van der Waals surface area contributed by atoms with Crippen molar-refractivity contribution in [3.63, 3.8) is 0 Å². The van der Waals surface area contributed by atoms with Crippen molar-refractivity contribution < 1.29 is 9.90 Å². The minimum absolute atomic E-state index is 0.256. The van der Waals surface area contributed by atoms with Crippen molar-refractivity contribution in [2.24, 2.45) is 0 Å². The number of thiazole rings is 1. The number of anilines is 1. The van der Waals surface area contributed by atoms with Gasteiger partial charge in [0.2, 0.25) is 0 Å². The van der Waals surface area contributed by atoms with Crippen molar-refractivity contribution in [3.05, 3.63) is 62.4 Å². The number of aromatic nitrogens is 2. The summed E-state index contributed by atoms with van der Waals surface area (Å²) in [7, 11) is 0. The number of rotatable bonds is 5. The normalized spacial score (nSPS) is 11.3. The molecule has 1 amide bonds. The largest absolute Gasteiger partial charge is 0.506 e. The number of halogens is 2. The molecule has 0 radical (unpaired) electrons. The van der Waals surface area contributed by atoms with Crippen LogP contribution in [0.1, 0.15) is 30.1 Å². The molecule has 0 unspecified atom stereocenters. The zero-order chi connectivity index (χ0) is 21.4. The number of hydrogen-bond acceptors (Lipinski definition) is 5. The van der Waals surface area contributed by atoms with E-state index in [1.54, 1.807) is 36.4 Å². The topological polar surface area (TPSA) is 84.2 Å². The lowest BCUT2D eigenvalue weighted by molar-refractivity contribution is 0.102. The molecule has 0 fully saturated rings. The molecular formula is C21H17Cl2N3O3S. The van der Waals surface area contributed by atoms with Crippen LogP contribution in [0.2, 0.25) is 10.0 Å². The average molecular weight is 462 g/mol. The number of carbonyl (C=O) groups excluding carboxylic acids is 1. The second-order valence-corrected chi connectivity index (χ2v) is 8.63. The van der Waals surface area contributed by atoms with Crippen LogP contribution in [0, 0.1) is 0 Å². The zero-order valence-corrected chi connectivity index (χ0v) is 18.2. The van der Waals surface area contributed by atoms with Gasteiger partial charge in [0, 0.05) is 17.0 Å². The van der Waals surface area contributed by atoms with Crippen molar-refractivity contribution in [1.82, 2.24) is 9.55 Å². The molecular weight excluding hydrogens is 445 g/mol. The quantitative estimate of drug-likeness (QED) is 0.400. The molecule has 2 heterocycles. The van der Waals surface area contributed by atoms with Crippen molar-refractivity contribution in [3.8, 4) is 5.75 Å². The summed E-state index contributed by atoms with van der Waals surface area (Å²) in [6.07, 6.45) is 1.66. The number of benzene rings is 2. The third kappa shape index (κ3) is 3.64. The predicted octanol–water partition coefficient (Wildman–Crippen LogP) is 5.68. The third-order valence-electron chi connectivity index (χ3n) is 4.74. The number of aryl methyl sites for hydroxylation is 1. The number of pyridine rings is 1. The average Bonchev–Trinajstić information content (AvgIpc) is 3.10. The zero-order valence-electron chi connectivity index (χ0n) is 15.9. The summed E-state index contributed by atoms with van der Waals surface area (Å²) >= 11 is 13.4. The Bertz CT molecular complexity index is 1350. The van der Waals surface area contributed by atoms with Crippen LogP contribution in [0.4, 0.5) is 5.13 Å². The molecule has 2 aromatic carbocycles. The number of nitrogens with one attached hydrogen (secondary N) is 1. The second-order valence-electron chi connectivity index (χ2n) is 6.76. The van der Waals surface area contributed by atoms with Gasteiger partial charge in [-0.3, -0.25) is 14.9 Å². The fourth-order valence-corrected chi connectivity index (χ4v) is 4.89. The first-order chi connectivity index (χ1) is 14.4. The number of nitrogens with zero attached hydrogens (tertiary/aromatic N) is 2. The Morgan fingerprint density at radius 2 is 2.03 bits per heavy atom. The summed E-state index contributed by atoms with van der Waals surface area (Å²) in [5, 5.41) is 14.9. The first kappa shape index (κ1) is 20.7. The molecule has 0 spiro atoms. The van der Waals surface area contributed by atoms with Gasteiger partial charge in [0.15, 0.2) is 5.13 Å². The Labute approximate surface area is 185 Å². The molecule has 6 nitrogen and oxygen atoms in total. The Hall–Kier alpha value is -2.61. The maximum atomic E-state index is 13.1. The summed E-state index contributed by atoms with van der Waals surface area (Å²) in [4.78, 5) is 30.4. The maximum Gasteiger partial charge on any atom is 0.267 e. The van der Waals surface area contributed by atoms with Gasteiger partial charge in [0.1, 0.15) is 16.8 Å². The highest BCUT2D eigenvalue weighted by molar-refractivity contribution is 7.22. The minimum atomic E-state index is -0.727. The van der Waals surface area contributed by atoms with Gasteiger partial charge in [-0.05, 0) is 30.7 Å². The summed E-state index contributed by atoms with van der Waals surface area (Å²) in [5.74, 6) is -1.07. The highest BCUT2D eigenvalue weighted by Gasteiger charge is 2.23. The van der Waals surface area contributed by atoms with Gasteiger partial charge < -0.3 is 9.67 Å². The molecule has 2 aromatic heterocycles. The highest BCUT2D eigenvalue weighted by atomic mass is 35.5. The van der Waals surface area contributed by atoms with Crippen LogP contribution >= 0.6 is 34.5 Å². The lowest BCUT2D eigenvalue weighted by Crippen LogP contribution is -2.30. The van der Waals surface area contributed by atoms with E-state index in [0.717, 1.165) is 12.8 Å². The van der Waals surface area contributed by atoms with Crippen LogP contribution in [0.5, 0.6) is 5.75 Å². The van der Waals surface area contributed by atoms with E-state index in [1.807, 2.05) is 6.92 Å². The molecule has 154 valence electrons. The van der Waals surface area contributed by atoms with E-state index < -0.39 is 11.5 Å². The molecule has 0 saturated carbocycles. The molecule has 4 rings (SSSR count). The van der Waals surface area contributed by atoms with Crippen molar-refractivity contribution in [2.45, 2.75) is 26.3 Å². The Balaban J connectivity index is 1.80. The fourth-order valence-electron chi connectivity index (χ4n) is 3.30. The van der Waals surface area contributed by atoms with Crippen LogP contribution in [-0.4, -0.2) is 20.6 Å². The van der Waals surface area contributed by atoms with E-state index in [2.05, 4.69) is 10.3 Å². The first-order valence-corrected chi connectivity index (χ1v) is 10.9. The Kier molecular flexibility index (Phi) is 5.69. The van der Waals surface area contributed by atoms with Gasteiger partial charge in [-0.25, -0.2) is 4.98 Å². The molecule has 9 heteroatoms. The van der Waals surface area contributed by atoms with Crippen LogP contribution in [0.25, 0.3) is 21.1 Å². The Morgan fingerprint density at radius 3 is 2.80 bits per heavy atom. The van der Waals surface area contributed by atoms with Crippen LogP contribution < -0.4 is 10.9 Å². The summed E-state index contributed by atoms with van der Waals surface area (Å²) in [6, 6.07) is 10.2. The Morgan fingerprint density at radius 1 is 1.27 bits per heavy atom. The molecule has 4 aromatic rings. The van der Waals surface area contributed by atoms with Gasteiger partial charge in [0.05, 0.1) is 15.2 Å². The van der Waals surface area contributed by atoms with E-state index in [4.69, 9.17) is 23.2 Å². The molecule has 2 N–H and O–H groups in total. The summed E-state index contributed by atoms with van der Waals surface area (Å²) in [6.45, 7) is 2.47. The van der Waals surface area contributed by atoms with E-state index in [1.165, 1.54) is 15.9 Å². The molecule has 0 aliphatic rings. The molecule has 0 saturated heterocycles. The van der Waals surface area contributed by atoms with Crippen LogP contribution in [0.3, 0.4) is 0 Å². The van der Waals surface area contributed by atoms with Gasteiger partial charge in [-0.1, -0.05) is 60.0 Å². The van der Waals surface area contributed by atoms with Gasteiger partial charge >= 0.3 is 0 Å². The number of fused-ring (bicyclic) bond motifs is 2. The SMILES string of the molecule is CCCCn1c(=O)c(C(=O)Nc2nc3c(Cl)cc(Cl)cc3s2)c(O)c2ccccc21. The molecule has 0 atom stereocenters. The first-order valence-electron chi connectivity index (χ1n) is 9.32. The third-order valence-corrected chi connectivity index (χ3v) is 6.17. The number of aromatic hydroxyl groups is 1. The highest BCUT2D eigenvalue weighted by Crippen LogP contribution is 2.34. The number of amides is 1. The smallest absolute Gasteiger partial charge is 0.267 e. The van der Waals surface area contributed by atoms with E-state index in [0.29, 0.717) is 37.7 Å². The lowest BCUT2D eigenvalue weighted by atomic mass is 10.1. The number of para-hydroxylation sites is 1. The molecule has 30 heavy (non-hydrogen) atoms. The van der Waals surface area contributed by atoms with Gasteiger partial charge in [0.25, 0.3) is 11.5 Å².